The smallest absolute Gasteiger partial charge is 0.410 e. The van der Waals surface area contributed by atoms with Crippen molar-refractivity contribution in [2.45, 2.75) is 64.3 Å². The fourth-order valence-corrected chi connectivity index (χ4v) is 5.31. The zero-order valence-electron chi connectivity index (χ0n) is 21.5. The van der Waals surface area contributed by atoms with Crippen LogP contribution >= 0.6 is 0 Å². The number of carbonyl (C=O) groups excluding carboxylic acids is 1. The van der Waals surface area contributed by atoms with Crippen molar-refractivity contribution in [1.29, 1.82) is 0 Å². The second-order valence-corrected chi connectivity index (χ2v) is 10.8. The van der Waals surface area contributed by atoms with Crippen LogP contribution in [0.3, 0.4) is 0 Å². The molecule has 1 N–H and O–H groups in total. The molecule has 3 aromatic rings. The van der Waals surface area contributed by atoms with Gasteiger partial charge in [-0.2, -0.15) is 0 Å². The minimum atomic E-state index is -0.526. The molecule has 0 radical (unpaired) electrons. The van der Waals surface area contributed by atoms with E-state index in [0.717, 1.165) is 35.2 Å². The van der Waals surface area contributed by atoms with Crippen molar-refractivity contribution in [3.8, 4) is 0 Å². The summed E-state index contributed by atoms with van der Waals surface area (Å²) in [5.74, 6) is 0.315. The lowest BCUT2D eigenvalue weighted by molar-refractivity contribution is 0.0122. The van der Waals surface area contributed by atoms with Crippen LogP contribution in [0, 0.1) is 12.4 Å². The zero-order chi connectivity index (χ0) is 26.3. The number of anilines is 2. The summed E-state index contributed by atoms with van der Waals surface area (Å²) >= 11 is 0. The second-order valence-electron chi connectivity index (χ2n) is 10.8. The van der Waals surface area contributed by atoms with Gasteiger partial charge in [0.05, 0.1) is 36.4 Å². The SMILES string of the molecule is [C-]#[N+]c1cccc([C@@H](C)Nc2ccnc3cnc(N4CC5CCC(C4)N5C(=O)OC(C)(C)C)cc23)c1F. The molecule has 8 nitrogen and oxygen atoms in total. The fourth-order valence-electron chi connectivity index (χ4n) is 5.31. The van der Waals surface area contributed by atoms with Gasteiger partial charge >= 0.3 is 6.09 Å². The third-order valence-corrected chi connectivity index (χ3v) is 6.99. The van der Waals surface area contributed by atoms with Crippen LogP contribution in [0.5, 0.6) is 0 Å². The Labute approximate surface area is 216 Å². The van der Waals surface area contributed by atoms with Crippen molar-refractivity contribution >= 4 is 34.2 Å². The third-order valence-electron chi connectivity index (χ3n) is 6.99. The fraction of sp³-hybridized carbons (Fsp3) is 0.429. The van der Waals surface area contributed by atoms with Crippen LogP contribution in [0.2, 0.25) is 0 Å². The molecule has 9 heteroatoms. The van der Waals surface area contributed by atoms with Gasteiger partial charge < -0.3 is 15.0 Å². The number of amides is 1. The number of pyridine rings is 2. The van der Waals surface area contributed by atoms with E-state index in [1.165, 1.54) is 6.07 Å². The highest BCUT2D eigenvalue weighted by molar-refractivity contribution is 5.92. The average molecular weight is 503 g/mol. The quantitative estimate of drug-likeness (QED) is 0.436. The lowest BCUT2D eigenvalue weighted by Gasteiger charge is -2.41. The van der Waals surface area contributed by atoms with E-state index in [1.807, 2.05) is 44.7 Å². The van der Waals surface area contributed by atoms with E-state index < -0.39 is 11.4 Å². The molecule has 4 heterocycles. The predicted molar refractivity (Wildman–Crippen MR) is 141 cm³/mol. The first kappa shape index (κ1) is 24.8. The number of hydrogen-bond donors (Lipinski definition) is 1. The number of rotatable bonds is 4. The molecule has 2 bridgehead atoms. The number of nitrogens with zero attached hydrogens (tertiary/aromatic N) is 5. The molecule has 0 saturated carbocycles. The van der Waals surface area contributed by atoms with Crippen LogP contribution in [0.25, 0.3) is 15.7 Å². The van der Waals surface area contributed by atoms with Crippen molar-refractivity contribution in [2.24, 2.45) is 0 Å². The van der Waals surface area contributed by atoms with Crippen molar-refractivity contribution in [1.82, 2.24) is 14.9 Å². The molecule has 5 rings (SSSR count). The van der Waals surface area contributed by atoms with Crippen molar-refractivity contribution < 1.29 is 13.9 Å². The summed E-state index contributed by atoms with van der Waals surface area (Å²) in [5.41, 5.74) is 1.46. The summed E-state index contributed by atoms with van der Waals surface area (Å²) in [6.07, 6.45) is 5.09. The average Bonchev–Trinajstić information content (AvgIpc) is 3.12. The Morgan fingerprint density at radius 1 is 1.22 bits per heavy atom. The summed E-state index contributed by atoms with van der Waals surface area (Å²) in [4.78, 5) is 29.4. The van der Waals surface area contributed by atoms with Crippen LogP contribution < -0.4 is 10.2 Å². The highest BCUT2D eigenvalue weighted by atomic mass is 19.1. The van der Waals surface area contributed by atoms with E-state index in [4.69, 9.17) is 11.3 Å². The molecule has 1 aromatic carbocycles. The first-order valence-electron chi connectivity index (χ1n) is 12.6. The van der Waals surface area contributed by atoms with Crippen LogP contribution in [-0.4, -0.2) is 51.7 Å². The number of piperazine rings is 1. The Hall–Kier alpha value is -3.93. The highest BCUT2D eigenvalue weighted by Crippen LogP contribution is 2.35. The van der Waals surface area contributed by atoms with Gasteiger partial charge in [0.2, 0.25) is 5.69 Å². The van der Waals surface area contributed by atoms with Gasteiger partial charge in [-0.25, -0.2) is 19.0 Å². The Morgan fingerprint density at radius 2 is 1.95 bits per heavy atom. The second kappa shape index (κ2) is 9.51. The number of nitrogens with one attached hydrogen (secondary N) is 1. The Morgan fingerprint density at radius 3 is 2.62 bits per heavy atom. The molecule has 1 amide bonds. The number of benzene rings is 1. The van der Waals surface area contributed by atoms with Crippen LogP contribution in [0.1, 0.15) is 52.1 Å². The minimum Gasteiger partial charge on any atom is -0.444 e. The Kier molecular flexibility index (Phi) is 6.36. The summed E-state index contributed by atoms with van der Waals surface area (Å²) in [5, 5.41) is 4.28. The normalized spacial score (nSPS) is 20.0. The number of ether oxygens (including phenoxy) is 1. The number of halogens is 1. The summed E-state index contributed by atoms with van der Waals surface area (Å²) in [7, 11) is 0. The molecule has 2 saturated heterocycles. The standard InChI is InChI=1S/C28H31FN6O2/c1-17(20-7-6-8-23(30-5)26(20)29)33-22-11-12-31-24-14-32-25(13-21(22)24)34-15-18-9-10-19(16-34)35(18)27(36)37-28(2,3)4/h6-8,11-14,17-19H,9-10,15-16H2,1-4H3,(H,31,33)/t17-,18?,19?/m1/s1. The molecule has 2 aliphatic heterocycles. The van der Waals surface area contributed by atoms with Gasteiger partial charge in [-0.1, -0.05) is 18.2 Å². The van der Waals surface area contributed by atoms with E-state index in [9.17, 15) is 9.18 Å². The van der Waals surface area contributed by atoms with E-state index in [1.54, 1.807) is 24.5 Å². The van der Waals surface area contributed by atoms with Crippen LogP contribution in [0.4, 0.5) is 26.4 Å². The molecular formula is C28H31FN6O2. The van der Waals surface area contributed by atoms with E-state index in [2.05, 4.69) is 25.0 Å². The maximum atomic E-state index is 14.8. The number of fused-ring (bicyclic) bond motifs is 3. The van der Waals surface area contributed by atoms with Crippen LogP contribution in [0.15, 0.2) is 42.7 Å². The molecule has 2 aliphatic rings. The number of aromatic nitrogens is 2. The molecule has 37 heavy (non-hydrogen) atoms. The Balaban J connectivity index is 1.39. The van der Waals surface area contributed by atoms with Gasteiger partial charge in [0.15, 0.2) is 0 Å². The summed E-state index contributed by atoms with van der Waals surface area (Å²) in [6, 6.07) is 8.53. The third kappa shape index (κ3) is 4.88. The molecule has 0 aliphatic carbocycles. The van der Waals surface area contributed by atoms with Gasteiger partial charge in [0.25, 0.3) is 0 Å². The molecule has 3 atom stereocenters. The molecular weight excluding hydrogens is 471 g/mol. The van der Waals surface area contributed by atoms with Crippen molar-refractivity contribution in [2.75, 3.05) is 23.3 Å². The van der Waals surface area contributed by atoms with Crippen LogP contribution in [-0.2, 0) is 4.74 Å². The summed E-state index contributed by atoms with van der Waals surface area (Å²) in [6.45, 7) is 16.1. The topological polar surface area (TPSA) is 75.0 Å². The van der Waals surface area contributed by atoms with E-state index in [-0.39, 0.29) is 29.9 Å². The first-order chi connectivity index (χ1) is 17.6. The molecule has 2 fully saturated rings. The molecule has 2 aromatic heterocycles. The largest absolute Gasteiger partial charge is 0.444 e. The predicted octanol–water partition coefficient (Wildman–Crippen LogP) is 6.08. The molecule has 0 spiro atoms. The van der Waals surface area contributed by atoms with Gasteiger partial charge in [0.1, 0.15) is 17.2 Å². The Bertz CT molecular complexity index is 1370. The van der Waals surface area contributed by atoms with Crippen molar-refractivity contribution in [3.63, 3.8) is 0 Å². The lowest BCUT2D eigenvalue weighted by Crippen LogP contribution is -2.57. The summed E-state index contributed by atoms with van der Waals surface area (Å²) < 4.78 is 20.4. The zero-order valence-corrected chi connectivity index (χ0v) is 21.5. The highest BCUT2D eigenvalue weighted by Gasteiger charge is 2.44. The monoisotopic (exact) mass is 502 g/mol. The van der Waals surface area contributed by atoms with Gasteiger partial charge in [-0.3, -0.25) is 9.88 Å². The number of carbonyl (C=O) groups is 1. The lowest BCUT2D eigenvalue weighted by atomic mass is 10.1. The first-order valence-corrected chi connectivity index (χ1v) is 12.6. The van der Waals surface area contributed by atoms with E-state index >= 15 is 0 Å². The van der Waals surface area contributed by atoms with Gasteiger partial charge in [-0.05, 0) is 58.2 Å². The van der Waals surface area contributed by atoms with Gasteiger partial charge in [-0.15, -0.1) is 0 Å². The maximum absolute atomic E-state index is 14.8. The van der Waals surface area contributed by atoms with E-state index in [0.29, 0.717) is 18.7 Å². The van der Waals surface area contributed by atoms with Crippen molar-refractivity contribution in [3.05, 3.63) is 65.5 Å². The van der Waals surface area contributed by atoms with Gasteiger partial charge in [0, 0.05) is 30.4 Å². The molecule has 2 unspecified atom stereocenters. The number of hydrogen-bond acceptors (Lipinski definition) is 6. The molecule has 192 valence electrons. The minimum absolute atomic E-state index is 0.0115. The maximum Gasteiger partial charge on any atom is 0.410 e.